The highest BCUT2D eigenvalue weighted by Crippen LogP contribution is 2.26. The molecule has 0 aliphatic carbocycles. The number of ether oxygens (including phenoxy) is 1. The molecule has 1 N–H and O–H groups in total. The van der Waals surface area contributed by atoms with Gasteiger partial charge in [0.2, 0.25) is 5.91 Å². The quantitative estimate of drug-likeness (QED) is 0.715. The fourth-order valence-corrected chi connectivity index (χ4v) is 3.58. The number of rotatable bonds is 5. The molecule has 1 fully saturated rings. The smallest absolute Gasteiger partial charge is 0.227 e. The molecule has 3 aromatic rings. The molecule has 0 unspecified atom stereocenters. The van der Waals surface area contributed by atoms with Crippen LogP contribution in [0.5, 0.6) is 5.75 Å². The van der Waals surface area contributed by atoms with Crippen molar-refractivity contribution in [2.75, 3.05) is 30.4 Å². The van der Waals surface area contributed by atoms with Gasteiger partial charge in [0.25, 0.3) is 0 Å². The molecular weight excluding hydrogens is 364 g/mol. The number of methoxy groups -OCH3 is 1. The number of hydrogen-bond acceptors (Lipinski definition) is 5. The summed E-state index contributed by atoms with van der Waals surface area (Å²) in [5.74, 6) is 1.76. The van der Waals surface area contributed by atoms with Crippen LogP contribution in [0.15, 0.2) is 67.0 Å². The molecule has 1 saturated heterocycles. The van der Waals surface area contributed by atoms with Gasteiger partial charge in [0, 0.05) is 36.3 Å². The number of nitrogens with one attached hydrogen (secondary N) is 1. The molecule has 2 heterocycles. The van der Waals surface area contributed by atoms with E-state index in [0.717, 1.165) is 54.4 Å². The second kappa shape index (κ2) is 8.73. The summed E-state index contributed by atoms with van der Waals surface area (Å²) in [5, 5.41) is 3.01. The highest BCUT2D eigenvalue weighted by molar-refractivity contribution is 5.92. The van der Waals surface area contributed by atoms with Crippen LogP contribution in [0.3, 0.4) is 0 Å². The Morgan fingerprint density at radius 3 is 2.45 bits per heavy atom. The summed E-state index contributed by atoms with van der Waals surface area (Å²) < 4.78 is 5.15. The molecule has 0 radical (unpaired) electrons. The first-order valence-corrected chi connectivity index (χ1v) is 9.80. The van der Waals surface area contributed by atoms with E-state index >= 15 is 0 Å². The van der Waals surface area contributed by atoms with Crippen molar-refractivity contribution in [2.45, 2.75) is 12.8 Å². The van der Waals surface area contributed by atoms with Crippen LogP contribution in [0.2, 0.25) is 0 Å². The molecule has 6 heteroatoms. The molecule has 0 saturated carbocycles. The lowest BCUT2D eigenvalue weighted by Crippen LogP contribution is -2.38. The molecule has 29 heavy (non-hydrogen) atoms. The molecule has 2 aromatic carbocycles. The molecule has 1 amide bonds. The summed E-state index contributed by atoms with van der Waals surface area (Å²) in [5.41, 5.74) is 2.78. The highest BCUT2D eigenvalue weighted by atomic mass is 16.5. The van der Waals surface area contributed by atoms with Crippen LogP contribution in [-0.2, 0) is 4.79 Å². The van der Waals surface area contributed by atoms with Crippen LogP contribution in [-0.4, -0.2) is 36.1 Å². The number of anilines is 2. The Hall–Kier alpha value is -3.41. The molecule has 4 rings (SSSR count). The van der Waals surface area contributed by atoms with E-state index in [0.29, 0.717) is 0 Å². The van der Waals surface area contributed by atoms with E-state index in [1.165, 1.54) is 0 Å². The third-order valence-corrected chi connectivity index (χ3v) is 5.27. The van der Waals surface area contributed by atoms with Crippen LogP contribution in [0.4, 0.5) is 11.5 Å². The molecule has 6 nitrogen and oxygen atoms in total. The maximum absolute atomic E-state index is 12.6. The van der Waals surface area contributed by atoms with Gasteiger partial charge in [-0.1, -0.05) is 30.3 Å². The first-order valence-electron chi connectivity index (χ1n) is 9.80. The number of benzene rings is 2. The van der Waals surface area contributed by atoms with E-state index in [1.54, 1.807) is 13.4 Å². The Kier molecular flexibility index (Phi) is 5.70. The first kappa shape index (κ1) is 18.9. The SMILES string of the molecule is COc1ccc(NC(=O)C2CCN(c3cc(-c4ccccc4)ncn3)CC2)cc1. The maximum atomic E-state index is 12.6. The molecule has 1 aliphatic rings. The predicted octanol–water partition coefficient (Wildman–Crippen LogP) is 4.01. The van der Waals surface area contributed by atoms with Crippen LogP contribution >= 0.6 is 0 Å². The monoisotopic (exact) mass is 388 g/mol. The Labute approximate surface area is 170 Å². The standard InChI is InChI=1S/C23H24N4O2/c1-29-20-9-7-19(8-10-20)26-23(28)18-11-13-27(14-12-18)22-15-21(24-16-25-22)17-5-3-2-4-6-17/h2-10,15-16,18H,11-14H2,1H3,(H,26,28). The summed E-state index contributed by atoms with van der Waals surface area (Å²) in [6.07, 6.45) is 3.21. The molecule has 0 spiro atoms. The Balaban J connectivity index is 1.36. The molecule has 1 aliphatic heterocycles. The van der Waals surface area contributed by atoms with Crippen molar-refractivity contribution in [1.82, 2.24) is 9.97 Å². The van der Waals surface area contributed by atoms with Gasteiger partial charge in [-0.05, 0) is 37.1 Å². The van der Waals surface area contributed by atoms with E-state index in [4.69, 9.17) is 4.74 Å². The lowest BCUT2D eigenvalue weighted by molar-refractivity contribution is -0.120. The van der Waals surface area contributed by atoms with E-state index in [9.17, 15) is 4.79 Å². The number of carbonyl (C=O) groups excluding carboxylic acids is 1. The molecule has 148 valence electrons. The normalized spacial score (nSPS) is 14.4. The van der Waals surface area contributed by atoms with Crippen molar-refractivity contribution in [3.63, 3.8) is 0 Å². The molecular formula is C23H24N4O2. The van der Waals surface area contributed by atoms with Gasteiger partial charge < -0.3 is 15.0 Å². The fraction of sp³-hybridized carbons (Fsp3) is 0.261. The van der Waals surface area contributed by atoms with Crippen molar-refractivity contribution in [3.8, 4) is 17.0 Å². The number of carbonyl (C=O) groups is 1. The Bertz CT molecular complexity index is 952. The maximum Gasteiger partial charge on any atom is 0.227 e. The second-order valence-corrected chi connectivity index (χ2v) is 7.11. The van der Waals surface area contributed by atoms with Gasteiger partial charge in [-0.2, -0.15) is 0 Å². The lowest BCUT2D eigenvalue weighted by atomic mass is 9.95. The van der Waals surface area contributed by atoms with Gasteiger partial charge in [-0.15, -0.1) is 0 Å². The van der Waals surface area contributed by atoms with E-state index in [1.807, 2.05) is 60.7 Å². The van der Waals surface area contributed by atoms with Gasteiger partial charge in [-0.3, -0.25) is 4.79 Å². The van der Waals surface area contributed by atoms with E-state index < -0.39 is 0 Å². The zero-order valence-corrected chi connectivity index (χ0v) is 16.4. The van der Waals surface area contributed by atoms with E-state index in [-0.39, 0.29) is 11.8 Å². The van der Waals surface area contributed by atoms with E-state index in [2.05, 4.69) is 20.2 Å². The predicted molar refractivity (Wildman–Crippen MR) is 114 cm³/mol. The number of aromatic nitrogens is 2. The van der Waals surface area contributed by atoms with Crippen LogP contribution < -0.4 is 15.0 Å². The number of nitrogens with zero attached hydrogens (tertiary/aromatic N) is 3. The number of piperidine rings is 1. The van der Waals surface area contributed by atoms with Gasteiger partial charge in [0.15, 0.2) is 0 Å². The minimum Gasteiger partial charge on any atom is -0.497 e. The van der Waals surface area contributed by atoms with Crippen LogP contribution in [0, 0.1) is 5.92 Å². The minimum absolute atomic E-state index is 0.00350. The Morgan fingerprint density at radius 2 is 1.76 bits per heavy atom. The zero-order valence-electron chi connectivity index (χ0n) is 16.4. The average Bonchev–Trinajstić information content (AvgIpc) is 2.80. The molecule has 0 atom stereocenters. The van der Waals surface area contributed by atoms with Crippen molar-refractivity contribution in [3.05, 3.63) is 67.0 Å². The number of amides is 1. The fourth-order valence-electron chi connectivity index (χ4n) is 3.58. The second-order valence-electron chi connectivity index (χ2n) is 7.11. The van der Waals surface area contributed by atoms with Crippen LogP contribution in [0.25, 0.3) is 11.3 Å². The lowest BCUT2D eigenvalue weighted by Gasteiger charge is -2.32. The average molecular weight is 388 g/mol. The van der Waals surface area contributed by atoms with Gasteiger partial charge in [0.05, 0.1) is 12.8 Å². The third-order valence-electron chi connectivity index (χ3n) is 5.27. The molecule has 1 aromatic heterocycles. The summed E-state index contributed by atoms with van der Waals surface area (Å²) in [6.45, 7) is 1.60. The first-order chi connectivity index (χ1) is 14.2. The summed E-state index contributed by atoms with van der Waals surface area (Å²) in [6, 6.07) is 19.5. The topological polar surface area (TPSA) is 67.3 Å². The van der Waals surface area contributed by atoms with Gasteiger partial charge in [0.1, 0.15) is 17.9 Å². The highest BCUT2D eigenvalue weighted by Gasteiger charge is 2.26. The largest absolute Gasteiger partial charge is 0.497 e. The zero-order chi connectivity index (χ0) is 20.1. The van der Waals surface area contributed by atoms with Gasteiger partial charge >= 0.3 is 0 Å². The summed E-state index contributed by atoms with van der Waals surface area (Å²) >= 11 is 0. The van der Waals surface area contributed by atoms with Crippen molar-refractivity contribution >= 4 is 17.4 Å². The van der Waals surface area contributed by atoms with Crippen LogP contribution in [0.1, 0.15) is 12.8 Å². The van der Waals surface area contributed by atoms with Crippen molar-refractivity contribution < 1.29 is 9.53 Å². The van der Waals surface area contributed by atoms with Gasteiger partial charge in [-0.25, -0.2) is 9.97 Å². The van der Waals surface area contributed by atoms with Crippen molar-refractivity contribution in [1.29, 1.82) is 0 Å². The number of hydrogen-bond donors (Lipinski definition) is 1. The minimum atomic E-state index is 0.00350. The Morgan fingerprint density at radius 1 is 1.03 bits per heavy atom. The summed E-state index contributed by atoms with van der Waals surface area (Å²) in [7, 11) is 1.63. The summed E-state index contributed by atoms with van der Waals surface area (Å²) in [4.78, 5) is 23.7. The van der Waals surface area contributed by atoms with Crippen molar-refractivity contribution in [2.24, 2.45) is 5.92 Å². The molecule has 0 bridgehead atoms. The third kappa shape index (κ3) is 4.54.